The van der Waals surface area contributed by atoms with Gasteiger partial charge in [-0.05, 0) is 54.5 Å². The van der Waals surface area contributed by atoms with E-state index >= 15 is 0 Å². The van der Waals surface area contributed by atoms with E-state index in [1.165, 1.54) is 0 Å². The van der Waals surface area contributed by atoms with Crippen molar-refractivity contribution in [2.75, 3.05) is 6.61 Å². The van der Waals surface area contributed by atoms with E-state index in [1.54, 1.807) is 16.2 Å². The van der Waals surface area contributed by atoms with E-state index in [4.69, 9.17) is 10.1 Å². The van der Waals surface area contributed by atoms with Crippen LogP contribution in [-0.4, -0.2) is 25.8 Å². The smallest absolute Gasteiger partial charge is 0.330 e. The molecule has 0 aliphatic rings. The van der Waals surface area contributed by atoms with Crippen LogP contribution >= 0.6 is 0 Å². The highest BCUT2D eigenvalue weighted by Crippen LogP contribution is 2.27. The third kappa shape index (κ3) is 4.41. The molecule has 0 aliphatic heterocycles. The fraction of sp³-hybridized carbons (Fsp3) is 0.435. The van der Waals surface area contributed by atoms with Gasteiger partial charge in [0.25, 0.3) is 0 Å². The second-order valence-electron chi connectivity index (χ2n) is 8.70. The number of fused-ring (bicyclic) bond motifs is 1. The zero-order valence-electron chi connectivity index (χ0n) is 17.6. The number of aliphatic hydroxyl groups is 1. The van der Waals surface area contributed by atoms with E-state index < -0.39 is 0 Å². The number of rotatable bonds is 6. The van der Waals surface area contributed by atoms with Crippen LogP contribution in [0.1, 0.15) is 44.7 Å². The maximum atomic E-state index is 12.8. The lowest BCUT2D eigenvalue weighted by Crippen LogP contribution is -2.27. The van der Waals surface area contributed by atoms with Gasteiger partial charge in [0.1, 0.15) is 0 Å². The Morgan fingerprint density at radius 2 is 1.93 bits per heavy atom. The Hall–Kier alpha value is -2.91. The third-order valence-electron chi connectivity index (χ3n) is 4.97. The predicted molar refractivity (Wildman–Crippen MR) is 115 cm³/mol. The topological polar surface area (TPSA) is 83.8 Å². The molecule has 3 rings (SSSR count). The summed E-state index contributed by atoms with van der Waals surface area (Å²) >= 11 is 0. The summed E-state index contributed by atoms with van der Waals surface area (Å²) in [5.74, 6) is 0. The van der Waals surface area contributed by atoms with Gasteiger partial charge in [-0.1, -0.05) is 26.8 Å². The summed E-state index contributed by atoms with van der Waals surface area (Å²) < 4.78 is 3.34. The third-order valence-corrected chi connectivity index (χ3v) is 4.97. The van der Waals surface area contributed by atoms with E-state index in [1.807, 2.05) is 30.3 Å². The van der Waals surface area contributed by atoms with E-state index in [0.717, 1.165) is 35.9 Å². The first-order valence-corrected chi connectivity index (χ1v) is 9.95. The molecule has 29 heavy (non-hydrogen) atoms. The lowest BCUT2D eigenvalue weighted by Gasteiger charge is -2.18. The van der Waals surface area contributed by atoms with Crippen molar-refractivity contribution >= 4 is 11.2 Å². The highest BCUT2D eigenvalue weighted by molar-refractivity contribution is 5.78. The summed E-state index contributed by atoms with van der Waals surface area (Å²) in [5, 5.41) is 18.6. The Balaban J connectivity index is 2.09. The number of aryl methyl sites for hydroxylation is 2. The van der Waals surface area contributed by atoms with Crippen LogP contribution in [0.3, 0.4) is 0 Å². The van der Waals surface area contributed by atoms with Gasteiger partial charge in [-0.3, -0.25) is 9.13 Å². The maximum absolute atomic E-state index is 12.8. The van der Waals surface area contributed by atoms with E-state index in [9.17, 15) is 10.1 Å². The standard InChI is InChI=1S/C23H28N4O2/c1-23(2,3)15-27-20-11-10-19(25-21(20)26(4)22(27)29)18-13-16(7-5-6-12-28)8-9-17(18)14-24/h8-11,13,28H,5-7,12,15H2,1-4H3. The van der Waals surface area contributed by atoms with Gasteiger partial charge in [-0.2, -0.15) is 5.26 Å². The van der Waals surface area contributed by atoms with Crippen LogP contribution in [0, 0.1) is 16.7 Å². The van der Waals surface area contributed by atoms with Crippen molar-refractivity contribution in [3.05, 3.63) is 51.9 Å². The number of unbranched alkanes of at least 4 members (excludes halogenated alkanes) is 1. The first kappa shape index (κ1) is 20.8. The fourth-order valence-corrected chi connectivity index (χ4v) is 3.55. The zero-order valence-corrected chi connectivity index (χ0v) is 17.6. The number of aliphatic hydroxyl groups excluding tert-OH is 1. The zero-order chi connectivity index (χ0) is 21.2. The second-order valence-corrected chi connectivity index (χ2v) is 8.70. The van der Waals surface area contributed by atoms with Gasteiger partial charge in [-0.25, -0.2) is 9.78 Å². The molecule has 0 amide bonds. The molecule has 1 N–H and O–H groups in total. The van der Waals surface area contributed by atoms with Crippen molar-refractivity contribution in [1.29, 1.82) is 5.26 Å². The number of imidazole rings is 1. The van der Waals surface area contributed by atoms with Crippen molar-refractivity contribution in [2.24, 2.45) is 12.5 Å². The molecule has 1 aromatic carbocycles. The lowest BCUT2D eigenvalue weighted by atomic mass is 9.97. The Bertz CT molecular complexity index is 1130. The summed E-state index contributed by atoms with van der Waals surface area (Å²) in [6, 6.07) is 11.8. The Kier molecular flexibility index (Phi) is 5.90. The Morgan fingerprint density at radius 3 is 2.59 bits per heavy atom. The quantitative estimate of drug-likeness (QED) is 0.649. The summed E-state index contributed by atoms with van der Waals surface area (Å²) in [5.41, 5.74) is 4.41. The van der Waals surface area contributed by atoms with Crippen LogP contribution in [0.5, 0.6) is 0 Å². The average Bonchev–Trinajstić information content (AvgIpc) is 2.91. The van der Waals surface area contributed by atoms with E-state index in [-0.39, 0.29) is 17.7 Å². The minimum Gasteiger partial charge on any atom is -0.396 e. The molecule has 0 unspecified atom stereocenters. The minimum absolute atomic E-state index is 0.0341. The molecule has 0 radical (unpaired) electrons. The van der Waals surface area contributed by atoms with Gasteiger partial charge in [0.15, 0.2) is 5.65 Å². The molecule has 3 aromatic rings. The number of hydrogen-bond acceptors (Lipinski definition) is 4. The molecule has 2 aromatic heterocycles. The highest BCUT2D eigenvalue weighted by atomic mass is 16.2. The van der Waals surface area contributed by atoms with Crippen LogP contribution in [0.2, 0.25) is 0 Å². The second kappa shape index (κ2) is 8.22. The first-order chi connectivity index (χ1) is 13.7. The number of pyridine rings is 1. The monoisotopic (exact) mass is 392 g/mol. The van der Waals surface area contributed by atoms with Crippen LogP contribution < -0.4 is 5.69 Å². The first-order valence-electron chi connectivity index (χ1n) is 9.95. The molecular weight excluding hydrogens is 364 g/mol. The SMILES string of the molecule is Cn1c(=O)n(CC(C)(C)C)c2ccc(-c3cc(CCCCO)ccc3C#N)nc21. The van der Waals surface area contributed by atoms with Gasteiger partial charge in [-0.15, -0.1) is 0 Å². The molecule has 0 spiro atoms. The molecule has 2 heterocycles. The normalized spacial score (nSPS) is 11.7. The van der Waals surface area contributed by atoms with Crippen molar-refractivity contribution in [2.45, 2.75) is 46.6 Å². The van der Waals surface area contributed by atoms with Crippen LogP contribution in [-0.2, 0) is 20.0 Å². The van der Waals surface area contributed by atoms with Gasteiger partial charge in [0.2, 0.25) is 0 Å². The molecule has 6 heteroatoms. The summed E-state index contributed by atoms with van der Waals surface area (Å²) in [4.78, 5) is 17.5. The number of nitrogens with zero attached hydrogens (tertiary/aromatic N) is 4. The van der Waals surface area contributed by atoms with Crippen molar-refractivity contribution in [3.63, 3.8) is 0 Å². The van der Waals surface area contributed by atoms with Crippen molar-refractivity contribution < 1.29 is 5.11 Å². The Labute approximate surface area is 171 Å². The molecule has 0 bridgehead atoms. The maximum Gasteiger partial charge on any atom is 0.330 e. The number of hydrogen-bond donors (Lipinski definition) is 1. The van der Waals surface area contributed by atoms with Crippen molar-refractivity contribution in [1.82, 2.24) is 14.1 Å². The Morgan fingerprint density at radius 1 is 1.17 bits per heavy atom. The average molecular weight is 393 g/mol. The highest BCUT2D eigenvalue weighted by Gasteiger charge is 2.19. The van der Waals surface area contributed by atoms with E-state index in [0.29, 0.717) is 23.4 Å². The number of nitriles is 1. The minimum atomic E-state index is -0.0853. The van der Waals surface area contributed by atoms with Gasteiger partial charge in [0, 0.05) is 25.8 Å². The molecular formula is C23H28N4O2. The van der Waals surface area contributed by atoms with Gasteiger partial charge >= 0.3 is 5.69 Å². The summed E-state index contributed by atoms with van der Waals surface area (Å²) in [6.07, 6.45) is 2.48. The molecule has 0 fully saturated rings. The summed E-state index contributed by atoms with van der Waals surface area (Å²) in [7, 11) is 1.73. The van der Waals surface area contributed by atoms with Crippen LogP contribution in [0.25, 0.3) is 22.4 Å². The van der Waals surface area contributed by atoms with Crippen LogP contribution in [0.4, 0.5) is 0 Å². The van der Waals surface area contributed by atoms with Gasteiger partial charge < -0.3 is 5.11 Å². The number of aromatic nitrogens is 3. The number of benzene rings is 1. The van der Waals surface area contributed by atoms with E-state index in [2.05, 4.69) is 26.8 Å². The lowest BCUT2D eigenvalue weighted by molar-refractivity contribution is 0.284. The fourth-order valence-electron chi connectivity index (χ4n) is 3.55. The summed E-state index contributed by atoms with van der Waals surface area (Å²) in [6.45, 7) is 7.08. The molecule has 0 aliphatic carbocycles. The van der Waals surface area contributed by atoms with Crippen LogP contribution in [0.15, 0.2) is 35.1 Å². The molecule has 0 atom stereocenters. The molecule has 152 valence electrons. The molecule has 6 nitrogen and oxygen atoms in total. The van der Waals surface area contributed by atoms with Gasteiger partial charge in [0.05, 0.1) is 22.8 Å². The predicted octanol–water partition coefficient (Wildman–Crippen LogP) is 3.63. The molecule has 0 saturated heterocycles. The van der Waals surface area contributed by atoms with Crippen molar-refractivity contribution in [3.8, 4) is 17.3 Å². The molecule has 0 saturated carbocycles. The largest absolute Gasteiger partial charge is 0.396 e.